The molecule has 1 unspecified atom stereocenters. The first-order chi connectivity index (χ1) is 13.0. The van der Waals surface area contributed by atoms with Crippen LogP contribution in [0.5, 0.6) is 0 Å². The summed E-state index contributed by atoms with van der Waals surface area (Å²) in [5, 5.41) is 6.59. The van der Waals surface area contributed by atoms with Gasteiger partial charge in [0, 0.05) is 39.8 Å². The Morgan fingerprint density at radius 1 is 1.22 bits per heavy atom. The highest BCUT2D eigenvalue weighted by molar-refractivity contribution is 7.91. The van der Waals surface area contributed by atoms with Crippen LogP contribution in [0.3, 0.4) is 0 Å². The second-order valence-corrected chi connectivity index (χ2v) is 9.28. The molecule has 7 nitrogen and oxygen atoms in total. The molecule has 152 valence electrons. The second-order valence-electron chi connectivity index (χ2n) is 6.98. The molecule has 2 rings (SSSR count). The maximum Gasteiger partial charge on any atom is 0.191 e. The van der Waals surface area contributed by atoms with Crippen LogP contribution >= 0.6 is 0 Å². The minimum Gasteiger partial charge on any atom is -0.376 e. The zero-order valence-corrected chi connectivity index (χ0v) is 17.2. The Labute approximate surface area is 163 Å². The van der Waals surface area contributed by atoms with E-state index in [-0.39, 0.29) is 11.5 Å². The number of nitrogens with one attached hydrogen (secondary N) is 2. The lowest BCUT2D eigenvalue weighted by molar-refractivity contribution is 0.0931. The first-order valence-electron chi connectivity index (χ1n) is 9.47. The molecular formula is C19H32N4O3S. The number of hydrogen-bond acceptors (Lipinski definition) is 5. The van der Waals surface area contributed by atoms with Gasteiger partial charge in [0.25, 0.3) is 0 Å². The van der Waals surface area contributed by atoms with E-state index < -0.39 is 9.84 Å². The van der Waals surface area contributed by atoms with Crippen molar-refractivity contribution in [2.45, 2.75) is 13.5 Å². The molecule has 0 aromatic heterocycles. The van der Waals surface area contributed by atoms with E-state index >= 15 is 0 Å². The summed E-state index contributed by atoms with van der Waals surface area (Å²) >= 11 is 0. The van der Waals surface area contributed by atoms with Crippen LogP contribution in [-0.4, -0.2) is 77.2 Å². The third-order valence-electron chi connectivity index (χ3n) is 4.51. The molecule has 1 fully saturated rings. The summed E-state index contributed by atoms with van der Waals surface area (Å²) in [4.78, 5) is 6.40. The number of nitrogens with zero attached hydrogens (tertiary/aromatic N) is 2. The van der Waals surface area contributed by atoms with Gasteiger partial charge in [-0.05, 0) is 11.5 Å². The Kier molecular flexibility index (Phi) is 9.03. The summed E-state index contributed by atoms with van der Waals surface area (Å²) in [6, 6.07) is 10.2. The lowest BCUT2D eigenvalue weighted by atomic mass is 10.2. The van der Waals surface area contributed by atoms with Gasteiger partial charge in [-0.3, -0.25) is 9.89 Å². The van der Waals surface area contributed by atoms with Crippen molar-refractivity contribution < 1.29 is 13.2 Å². The third kappa shape index (κ3) is 8.73. The molecule has 1 aliphatic heterocycles. The van der Waals surface area contributed by atoms with Gasteiger partial charge < -0.3 is 15.4 Å². The highest BCUT2D eigenvalue weighted by Gasteiger charge is 2.20. The van der Waals surface area contributed by atoms with Crippen molar-refractivity contribution in [1.82, 2.24) is 15.5 Å². The van der Waals surface area contributed by atoms with E-state index in [1.165, 1.54) is 5.56 Å². The molecule has 0 bridgehead atoms. The van der Waals surface area contributed by atoms with Gasteiger partial charge in [0.1, 0.15) is 0 Å². The van der Waals surface area contributed by atoms with Gasteiger partial charge in [-0.1, -0.05) is 37.3 Å². The fourth-order valence-electron chi connectivity index (χ4n) is 2.81. The lowest BCUT2D eigenvalue weighted by Crippen LogP contribution is -2.46. The monoisotopic (exact) mass is 396 g/mol. The molecule has 1 aliphatic rings. The maximum atomic E-state index is 11.4. The lowest BCUT2D eigenvalue weighted by Gasteiger charge is -2.26. The summed E-state index contributed by atoms with van der Waals surface area (Å²) in [5.41, 5.74) is 1.18. The molecule has 0 aliphatic carbocycles. The summed E-state index contributed by atoms with van der Waals surface area (Å²) in [6.07, 6.45) is 0. The topological polar surface area (TPSA) is 83.0 Å². The second kappa shape index (κ2) is 11.3. The molecule has 1 aromatic carbocycles. The van der Waals surface area contributed by atoms with E-state index in [9.17, 15) is 8.42 Å². The molecule has 8 heteroatoms. The zero-order chi connectivity index (χ0) is 19.5. The highest BCUT2D eigenvalue weighted by atomic mass is 32.2. The van der Waals surface area contributed by atoms with Gasteiger partial charge in [0.2, 0.25) is 0 Å². The molecule has 0 amide bonds. The van der Waals surface area contributed by atoms with E-state index in [2.05, 4.69) is 39.6 Å². The predicted octanol–water partition coefficient (Wildman–Crippen LogP) is 0.735. The molecule has 1 heterocycles. The van der Waals surface area contributed by atoms with E-state index in [1.54, 1.807) is 7.05 Å². The van der Waals surface area contributed by atoms with Crippen LogP contribution in [0.15, 0.2) is 35.3 Å². The fourth-order valence-corrected chi connectivity index (χ4v) is 4.09. The van der Waals surface area contributed by atoms with Crippen LogP contribution in [0.4, 0.5) is 0 Å². The van der Waals surface area contributed by atoms with E-state index in [1.807, 2.05) is 18.2 Å². The smallest absolute Gasteiger partial charge is 0.191 e. The summed E-state index contributed by atoms with van der Waals surface area (Å²) in [7, 11) is -1.07. The molecule has 1 atom stereocenters. The van der Waals surface area contributed by atoms with Gasteiger partial charge in [-0.2, -0.15) is 0 Å². The van der Waals surface area contributed by atoms with Crippen molar-refractivity contribution in [3.05, 3.63) is 35.9 Å². The van der Waals surface area contributed by atoms with Crippen LogP contribution in [0.1, 0.15) is 12.5 Å². The SMILES string of the molecule is CN=C(NCCN1CCS(=O)(=O)CC1)NCC(C)COCc1ccccc1. The van der Waals surface area contributed by atoms with Crippen LogP contribution in [0.25, 0.3) is 0 Å². The summed E-state index contributed by atoms with van der Waals surface area (Å²) in [5.74, 6) is 1.65. The fraction of sp³-hybridized carbons (Fsp3) is 0.632. The molecular weight excluding hydrogens is 364 g/mol. The minimum absolute atomic E-state index is 0.264. The Bertz CT molecular complexity index is 665. The number of guanidine groups is 1. The van der Waals surface area contributed by atoms with Gasteiger partial charge in [-0.15, -0.1) is 0 Å². The standard InChI is InChI=1S/C19H32N4O3S/c1-17(15-26-16-18-6-4-3-5-7-18)14-22-19(20-2)21-8-9-23-10-12-27(24,25)13-11-23/h3-7,17H,8-16H2,1-2H3,(H2,20,21,22). The van der Waals surface area contributed by atoms with Crippen molar-refractivity contribution in [3.8, 4) is 0 Å². The van der Waals surface area contributed by atoms with E-state index in [0.717, 1.165) is 25.6 Å². The Hall–Kier alpha value is -1.64. The van der Waals surface area contributed by atoms with Gasteiger partial charge in [0.05, 0.1) is 24.7 Å². The van der Waals surface area contributed by atoms with Gasteiger partial charge in [-0.25, -0.2) is 8.42 Å². The van der Waals surface area contributed by atoms with E-state index in [0.29, 0.717) is 32.2 Å². The molecule has 0 radical (unpaired) electrons. The Morgan fingerprint density at radius 3 is 2.59 bits per heavy atom. The van der Waals surface area contributed by atoms with E-state index in [4.69, 9.17) is 4.74 Å². The number of rotatable bonds is 9. The minimum atomic E-state index is -2.82. The average molecular weight is 397 g/mol. The largest absolute Gasteiger partial charge is 0.376 e. The maximum absolute atomic E-state index is 11.4. The third-order valence-corrected chi connectivity index (χ3v) is 6.12. The summed E-state index contributed by atoms with van der Waals surface area (Å²) in [6.45, 7) is 7.00. The normalized spacial score (nSPS) is 18.8. The number of benzene rings is 1. The van der Waals surface area contributed by atoms with Crippen LogP contribution in [0, 0.1) is 5.92 Å². The quantitative estimate of drug-likeness (QED) is 0.473. The molecule has 0 spiro atoms. The first kappa shape index (κ1) is 21.7. The molecule has 1 aromatic rings. The number of sulfone groups is 1. The van der Waals surface area contributed by atoms with Crippen molar-refractivity contribution in [3.63, 3.8) is 0 Å². The van der Waals surface area contributed by atoms with Crippen molar-refractivity contribution in [1.29, 1.82) is 0 Å². The number of ether oxygens (including phenoxy) is 1. The summed E-state index contributed by atoms with van der Waals surface area (Å²) < 4.78 is 28.7. The Morgan fingerprint density at radius 2 is 1.93 bits per heavy atom. The zero-order valence-electron chi connectivity index (χ0n) is 16.4. The Balaban J connectivity index is 1.56. The van der Waals surface area contributed by atoms with Gasteiger partial charge in [0.15, 0.2) is 15.8 Å². The van der Waals surface area contributed by atoms with Crippen molar-refractivity contribution in [2.24, 2.45) is 10.9 Å². The van der Waals surface area contributed by atoms with Crippen LogP contribution < -0.4 is 10.6 Å². The average Bonchev–Trinajstić information content (AvgIpc) is 2.66. The molecule has 0 saturated carbocycles. The van der Waals surface area contributed by atoms with Crippen LogP contribution in [0.2, 0.25) is 0 Å². The predicted molar refractivity (Wildman–Crippen MR) is 110 cm³/mol. The molecule has 27 heavy (non-hydrogen) atoms. The first-order valence-corrected chi connectivity index (χ1v) is 11.3. The van der Waals surface area contributed by atoms with Crippen LogP contribution in [-0.2, 0) is 21.2 Å². The van der Waals surface area contributed by atoms with Crippen molar-refractivity contribution in [2.75, 3.05) is 57.9 Å². The highest BCUT2D eigenvalue weighted by Crippen LogP contribution is 2.03. The number of aliphatic imine (C=N–C) groups is 1. The van der Waals surface area contributed by atoms with Gasteiger partial charge >= 0.3 is 0 Å². The number of hydrogen-bond donors (Lipinski definition) is 2. The molecule has 2 N–H and O–H groups in total. The van der Waals surface area contributed by atoms with Crippen molar-refractivity contribution >= 4 is 15.8 Å². The molecule has 1 saturated heterocycles.